The molecular weight excluding hydrogens is 172 g/mol. The van der Waals surface area contributed by atoms with Gasteiger partial charge in [0, 0.05) is 12.1 Å². The SMILES string of the molecule is CC(C)NC(=O)OC(=O)NC(C)C. The summed E-state index contributed by atoms with van der Waals surface area (Å²) in [5, 5.41) is 4.85. The molecule has 13 heavy (non-hydrogen) atoms. The first-order valence-electron chi connectivity index (χ1n) is 4.20. The van der Waals surface area contributed by atoms with Crippen LogP contribution in [0.15, 0.2) is 0 Å². The molecule has 0 unspecified atom stereocenters. The van der Waals surface area contributed by atoms with Crippen LogP contribution < -0.4 is 10.6 Å². The topological polar surface area (TPSA) is 67.4 Å². The van der Waals surface area contributed by atoms with Crippen molar-refractivity contribution in [1.82, 2.24) is 10.6 Å². The Morgan fingerprint density at radius 1 is 0.923 bits per heavy atom. The van der Waals surface area contributed by atoms with E-state index < -0.39 is 12.2 Å². The number of nitrogens with one attached hydrogen (secondary N) is 2. The summed E-state index contributed by atoms with van der Waals surface area (Å²) in [5.74, 6) is 0. The van der Waals surface area contributed by atoms with E-state index >= 15 is 0 Å². The molecule has 2 N–H and O–H groups in total. The lowest BCUT2D eigenvalue weighted by Gasteiger charge is -2.10. The maximum Gasteiger partial charge on any atom is 0.416 e. The molecule has 0 fully saturated rings. The van der Waals surface area contributed by atoms with Crippen molar-refractivity contribution >= 4 is 12.2 Å². The number of carbonyl (C=O) groups is 2. The van der Waals surface area contributed by atoms with Gasteiger partial charge in [0.25, 0.3) is 0 Å². The molecule has 2 amide bonds. The number of amides is 2. The summed E-state index contributed by atoms with van der Waals surface area (Å²) in [6.07, 6.45) is -1.46. The Kier molecular flexibility index (Phi) is 4.87. The third-order valence-corrected chi connectivity index (χ3v) is 0.998. The number of hydrogen-bond acceptors (Lipinski definition) is 3. The van der Waals surface area contributed by atoms with Gasteiger partial charge in [-0.3, -0.25) is 0 Å². The van der Waals surface area contributed by atoms with Crippen LogP contribution in [0.1, 0.15) is 27.7 Å². The molecule has 5 heteroatoms. The molecule has 0 aromatic rings. The summed E-state index contributed by atoms with van der Waals surface area (Å²) in [4.78, 5) is 21.7. The van der Waals surface area contributed by atoms with Gasteiger partial charge in [0.1, 0.15) is 0 Å². The van der Waals surface area contributed by atoms with Gasteiger partial charge in [0.05, 0.1) is 0 Å². The van der Waals surface area contributed by atoms with Crippen molar-refractivity contribution in [3.05, 3.63) is 0 Å². The van der Waals surface area contributed by atoms with E-state index in [1.807, 2.05) is 0 Å². The number of alkyl carbamates (subject to hydrolysis) is 2. The van der Waals surface area contributed by atoms with Crippen LogP contribution in [0, 0.1) is 0 Å². The van der Waals surface area contributed by atoms with Crippen molar-refractivity contribution in [2.75, 3.05) is 0 Å². The van der Waals surface area contributed by atoms with Gasteiger partial charge >= 0.3 is 12.2 Å². The third-order valence-electron chi connectivity index (χ3n) is 0.998. The van der Waals surface area contributed by atoms with Crippen molar-refractivity contribution in [2.45, 2.75) is 39.8 Å². The lowest BCUT2D eigenvalue weighted by molar-refractivity contribution is 0.147. The highest BCUT2D eigenvalue weighted by Crippen LogP contribution is 1.85. The van der Waals surface area contributed by atoms with E-state index in [4.69, 9.17) is 0 Å². The van der Waals surface area contributed by atoms with Gasteiger partial charge in [0.15, 0.2) is 0 Å². The lowest BCUT2D eigenvalue weighted by atomic mass is 10.4. The molecule has 0 bridgehead atoms. The first-order valence-corrected chi connectivity index (χ1v) is 4.20. The molecule has 5 nitrogen and oxygen atoms in total. The largest absolute Gasteiger partial charge is 0.416 e. The normalized spacial score (nSPS) is 10.0. The Bertz CT molecular complexity index is 170. The second kappa shape index (κ2) is 5.40. The van der Waals surface area contributed by atoms with Crippen LogP contribution in [0.3, 0.4) is 0 Å². The first-order chi connectivity index (χ1) is 5.91. The summed E-state index contributed by atoms with van der Waals surface area (Å²) in [5.41, 5.74) is 0. The summed E-state index contributed by atoms with van der Waals surface area (Å²) in [6.45, 7) is 7.12. The van der Waals surface area contributed by atoms with Crippen LogP contribution in [0.4, 0.5) is 9.59 Å². The Hall–Kier alpha value is -1.26. The van der Waals surface area contributed by atoms with E-state index in [1.54, 1.807) is 27.7 Å². The highest BCUT2D eigenvalue weighted by molar-refractivity contribution is 5.83. The van der Waals surface area contributed by atoms with Crippen LogP contribution >= 0.6 is 0 Å². The van der Waals surface area contributed by atoms with E-state index in [0.717, 1.165) is 0 Å². The second-order valence-corrected chi connectivity index (χ2v) is 3.28. The molecule has 0 atom stereocenters. The van der Waals surface area contributed by atoms with Crippen LogP contribution in [0.2, 0.25) is 0 Å². The quantitative estimate of drug-likeness (QED) is 0.640. The Morgan fingerprint density at radius 3 is 1.46 bits per heavy atom. The van der Waals surface area contributed by atoms with Crippen LogP contribution in [-0.4, -0.2) is 24.3 Å². The Labute approximate surface area is 77.8 Å². The predicted molar refractivity (Wildman–Crippen MR) is 48.4 cm³/mol. The van der Waals surface area contributed by atoms with E-state index in [9.17, 15) is 9.59 Å². The van der Waals surface area contributed by atoms with Gasteiger partial charge in [-0.1, -0.05) is 0 Å². The zero-order valence-corrected chi connectivity index (χ0v) is 8.38. The average Bonchev–Trinajstić information content (AvgIpc) is 1.80. The molecule has 0 saturated carbocycles. The fourth-order valence-corrected chi connectivity index (χ4v) is 0.615. The molecule has 0 heterocycles. The molecule has 0 saturated heterocycles. The number of rotatable bonds is 2. The summed E-state index contributed by atoms with van der Waals surface area (Å²) < 4.78 is 4.37. The molecule has 0 aromatic heterocycles. The molecular formula is C8H16N2O3. The third kappa shape index (κ3) is 7.11. The molecule has 0 rings (SSSR count). The predicted octanol–water partition coefficient (Wildman–Crippen LogP) is 1.24. The lowest BCUT2D eigenvalue weighted by Crippen LogP contribution is -2.38. The average molecular weight is 188 g/mol. The zero-order valence-electron chi connectivity index (χ0n) is 8.38. The van der Waals surface area contributed by atoms with Crippen molar-refractivity contribution in [2.24, 2.45) is 0 Å². The molecule has 0 aliphatic heterocycles. The van der Waals surface area contributed by atoms with Gasteiger partial charge in [-0.25, -0.2) is 9.59 Å². The van der Waals surface area contributed by atoms with Crippen LogP contribution in [0.25, 0.3) is 0 Å². The standard InChI is InChI=1S/C8H16N2O3/c1-5(2)9-7(11)13-8(12)10-6(3)4/h5-6H,1-4H3,(H,9,11)(H,10,12). The monoisotopic (exact) mass is 188 g/mol. The first kappa shape index (κ1) is 11.7. The fourth-order valence-electron chi connectivity index (χ4n) is 0.615. The molecule has 0 radical (unpaired) electrons. The maximum atomic E-state index is 10.9. The van der Waals surface area contributed by atoms with E-state index in [-0.39, 0.29) is 12.1 Å². The minimum absolute atomic E-state index is 0.0423. The number of ether oxygens (including phenoxy) is 1. The van der Waals surface area contributed by atoms with Crippen LogP contribution in [-0.2, 0) is 4.74 Å². The van der Waals surface area contributed by atoms with Crippen molar-refractivity contribution in [3.8, 4) is 0 Å². The Balaban J connectivity index is 3.72. The maximum absolute atomic E-state index is 10.9. The molecule has 76 valence electrons. The fraction of sp³-hybridized carbons (Fsp3) is 0.750. The molecule has 0 aliphatic rings. The highest BCUT2D eigenvalue weighted by atomic mass is 16.6. The van der Waals surface area contributed by atoms with Gasteiger partial charge in [-0.2, -0.15) is 0 Å². The molecule has 0 spiro atoms. The van der Waals surface area contributed by atoms with Crippen molar-refractivity contribution in [1.29, 1.82) is 0 Å². The second-order valence-electron chi connectivity index (χ2n) is 3.28. The number of carbonyl (C=O) groups excluding carboxylic acids is 2. The van der Waals surface area contributed by atoms with Gasteiger partial charge in [-0.15, -0.1) is 0 Å². The van der Waals surface area contributed by atoms with E-state index in [1.165, 1.54) is 0 Å². The van der Waals surface area contributed by atoms with Gasteiger partial charge in [0.2, 0.25) is 0 Å². The van der Waals surface area contributed by atoms with Gasteiger partial charge in [-0.05, 0) is 27.7 Å². The summed E-state index contributed by atoms with van der Waals surface area (Å²) in [6, 6.07) is -0.0845. The Morgan fingerprint density at radius 2 is 1.23 bits per heavy atom. The van der Waals surface area contributed by atoms with Crippen LogP contribution in [0.5, 0.6) is 0 Å². The number of hydrogen-bond donors (Lipinski definition) is 2. The van der Waals surface area contributed by atoms with Gasteiger partial charge < -0.3 is 15.4 Å². The summed E-state index contributed by atoms with van der Waals surface area (Å²) in [7, 11) is 0. The smallest absolute Gasteiger partial charge is 0.359 e. The van der Waals surface area contributed by atoms with Crippen molar-refractivity contribution in [3.63, 3.8) is 0 Å². The minimum atomic E-state index is -0.729. The van der Waals surface area contributed by atoms with E-state index in [0.29, 0.717) is 0 Å². The minimum Gasteiger partial charge on any atom is -0.359 e. The molecule has 0 aromatic carbocycles. The zero-order chi connectivity index (χ0) is 10.4. The summed E-state index contributed by atoms with van der Waals surface area (Å²) >= 11 is 0. The van der Waals surface area contributed by atoms with E-state index in [2.05, 4.69) is 15.4 Å². The highest BCUT2D eigenvalue weighted by Gasteiger charge is 2.10. The molecule has 0 aliphatic carbocycles. The van der Waals surface area contributed by atoms with Crippen molar-refractivity contribution < 1.29 is 14.3 Å².